The first kappa shape index (κ1) is 15.8. The van der Waals surface area contributed by atoms with Gasteiger partial charge in [0, 0.05) is 25.2 Å². The van der Waals surface area contributed by atoms with E-state index in [1.807, 2.05) is 19.9 Å². The van der Waals surface area contributed by atoms with Crippen LogP contribution in [0.4, 0.5) is 0 Å². The largest absolute Gasteiger partial charge is 0.496 e. The van der Waals surface area contributed by atoms with Gasteiger partial charge in [-0.05, 0) is 50.9 Å². The van der Waals surface area contributed by atoms with Crippen LogP contribution in [0.15, 0.2) is 17.0 Å². The Hall–Kier alpha value is -1.11. The van der Waals surface area contributed by atoms with E-state index in [0.29, 0.717) is 35.7 Å². The molecule has 2 fully saturated rings. The lowest BCUT2D eigenvalue weighted by atomic mass is 10.1. The van der Waals surface area contributed by atoms with Gasteiger partial charge in [0.1, 0.15) is 5.75 Å². The van der Waals surface area contributed by atoms with Gasteiger partial charge in [-0.15, -0.1) is 0 Å². The zero-order valence-electron chi connectivity index (χ0n) is 13.7. The normalized spacial score (nSPS) is 26.4. The molecule has 122 valence electrons. The molecule has 0 spiro atoms. The molecule has 2 atom stereocenters. The number of fused-ring (bicyclic) bond motifs is 1. The molecular formula is C16H24N2O3S. The number of hydrogen-bond acceptors (Lipinski definition) is 4. The molecule has 0 aliphatic carbocycles. The van der Waals surface area contributed by atoms with Crippen LogP contribution in [0.25, 0.3) is 0 Å². The fourth-order valence-electron chi connectivity index (χ4n) is 3.78. The Morgan fingerprint density at radius 2 is 1.91 bits per heavy atom. The maximum Gasteiger partial charge on any atom is 0.243 e. The fourth-order valence-corrected chi connectivity index (χ4v) is 5.52. The highest BCUT2D eigenvalue weighted by atomic mass is 32.2. The minimum absolute atomic E-state index is 0.363. The molecule has 5 nitrogen and oxygen atoms in total. The number of hydrogen-bond donors (Lipinski definition) is 0. The number of sulfonamides is 1. The third-order valence-electron chi connectivity index (χ3n) is 5.10. The van der Waals surface area contributed by atoms with Crippen molar-refractivity contribution in [2.24, 2.45) is 5.92 Å². The maximum absolute atomic E-state index is 13.0. The van der Waals surface area contributed by atoms with E-state index < -0.39 is 10.0 Å². The summed E-state index contributed by atoms with van der Waals surface area (Å²) < 4.78 is 33.0. The quantitative estimate of drug-likeness (QED) is 0.848. The van der Waals surface area contributed by atoms with Crippen LogP contribution in [-0.4, -0.2) is 57.5 Å². The lowest BCUT2D eigenvalue weighted by molar-refractivity contribution is 0.297. The second-order valence-corrected chi connectivity index (χ2v) is 8.41. The Labute approximate surface area is 132 Å². The van der Waals surface area contributed by atoms with Crippen molar-refractivity contribution in [3.8, 4) is 5.75 Å². The van der Waals surface area contributed by atoms with Crippen molar-refractivity contribution >= 4 is 10.0 Å². The summed E-state index contributed by atoms with van der Waals surface area (Å²) in [5, 5.41) is 0. The predicted molar refractivity (Wildman–Crippen MR) is 85.8 cm³/mol. The number of methoxy groups -OCH3 is 1. The Morgan fingerprint density at radius 1 is 1.18 bits per heavy atom. The second kappa shape index (κ2) is 5.51. The van der Waals surface area contributed by atoms with Crippen molar-refractivity contribution in [2.45, 2.75) is 31.2 Å². The molecule has 0 N–H and O–H groups in total. The zero-order chi connectivity index (χ0) is 16.1. The third-order valence-corrected chi connectivity index (χ3v) is 7.08. The van der Waals surface area contributed by atoms with E-state index in [4.69, 9.17) is 4.74 Å². The van der Waals surface area contributed by atoms with Gasteiger partial charge >= 0.3 is 0 Å². The van der Waals surface area contributed by atoms with Crippen LogP contribution >= 0.6 is 0 Å². The van der Waals surface area contributed by atoms with E-state index in [9.17, 15) is 8.42 Å². The zero-order valence-corrected chi connectivity index (χ0v) is 14.5. The standard InChI is InChI=1S/C16H24N2O3S/c1-11-7-12(2)16(8-15(11)21-4)22(19,20)18-9-13-5-6-17(3)14(13)10-18/h7-8,13-14H,5-6,9-10H2,1-4H3. The van der Waals surface area contributed by atoms with Gasteiger partial charge in [0.05, 0.1) is 12.0 Å². The SMILES string of the molecule is COc1cc(S(=O)(=O)N2CC3CCN(C)C3C2)c(C)cc1C. The summed E-state index contributed by atoms with van der Waals surface area (Å²) in [7, 11) is 0.199. The van der Waals surface area contributed by atoms with Crippen molar-refractivity contribution in [3.63, 3.8) is 0 Å². The summed E-state index contributed by atoms with van der Waals surface area (Å²) in [5.74, 6) is 1.09. The van der Waals surface area contributed by atoms with Crippen LogP contribution in [0, 0.1) is 19.8 Å². The van der Waals surface area contributed by atoms with Crippen LogP contribution in [0.3, 0.4) is 0 Å². The average molecular weight is 324 g/mol. The highest BCUT2D eigenvalue weighted by Crippen LogP contribution is 2.35. The molecule has 0 saturated carbocycles. The van der Waals surface area contributed by atoms with Gasteiger partial charge in [0.2, 0.25) is 10.0 Å². The van der Waals surface area contributed by atoms with Gasteiger partial charge in [-0.3, -0.25) is 0 Å². The first-order chi connectivity index (χ1) is 10.3. The molecule has 0 aromatic heterocycles. The Bertz CT molecular complexity index is 687. The maximum atomic E-state index is 13.0. The minimum atomic E-state index is -3.46. The molecule has 0 radical (unpaired) electrons. The van der Waals surface area contributed by atoms with E-state index >= 15 is 0 Å². The number of rotatable bonds is 3. The van der Waals surface area contributed by atoms with Crippen LogP contribution in [0.5, 0.6) is 5.75 Å². The van der Waals surface area contributed by atoms with Crippen LogP contribution < -0.4 is 4.74 Å². The van der Waals surface area contributed by atoms with Gasteiger partial charge in [-0.2, -0.15) is 4.31 Å². The van der Waals surface area contributed by atoms with Crippen molar-refractivity contribution < 1.29 is 13.2 Å². The summed E-state index contributed by atoms with van der Waals surface area (Å²) in [6.45, 7) is 6.08. The summed E-state index contributed by atoms with van der Waals surface area (Å²) in [5.41, 5.74) is 1.74. The number of likely N-dealkylation sites (N-methyl/N-ethyl adjacent to an activating group) is 1. The Kier molecular flexibility index (Phi) is 3.95. The minimum Gasteiger partial charge on any atom is -0.496 e. The van der Waals surface area contributed by atoms with Crippen molar-refractivity contribution in [3.05, 3.63) is 23.3 Å². The first-order valence-electron chi connectivity index (χ1n) is 7.70. The van der Waals surface area contributed by atoms with Crippen LogP contribution in [-0.2, 0) is 10.0 Å². The molecule has 2 heterocycles. The number of aryl methyl sites for hydroxylation is 2. The molecule has 2 unspecified atom stereocenters. The first-order valence-corrected chi connectivity index (χ1v) is 9.14. The van der Waals surface area contributed by atoms with Crippen molar-refractivity contribution in [2.75, 3.05) is 33.8 Å². The van der Waals surface area contributed by atoms with Crippen LogP contribution in [0.2, 0.25) is 0 Å². The van der Waals surface area contributed by atoms with Gasteiger partial charge < -0.3 is 9.64 Å². The number of nitrogens with zero attached hydrogens (tertiary/aromatic N) is 2. The Balaban J connectivity index is 1.94. The molecular weight excluding hydrogens is 300 g/mol. The van der Waals surface area contributed by atoms with E-state index in [1.54, 1.807) is 17.5 Å². The Morgan fingerprint density at radius 3 is 2.55 bits per heavy atom. The summed E-state index contributed by atoms with van der Waals surface area (Å²) in [6, 6.07) is 3.91. The van der Waals surface area contributed by atoms with E-state index in [2.05, 4.69) is 11.9 Å². The van der Waals surface area contributed by atoms with Crippen LogP contribution in [0.1, 0.15) is 17.5 Å². The van der Waals surface area contributed by atoms with E-state index in [-0.39, 0.29) is 0 Å². The molecule has 0 amide bonds. The van der Waals surface area contributed by atoms with Crippen molar-refractivity contribution in [1.29, 1.82) is 0 Å². The predicted octanol–water partition coefficient (Wildman–Crippen LogP) is 1.64. The smallest absolute Gasteiger partial charge is 0.243 e. The molecule has 1 aromatic rings. The molecule has 2 aliphatic rings. The average Bonchev–Trinajstić information content (AvgIpc) is 3.02. The van der Waals surface area contributed by atoms with Gasteiger partial charge in [-0.1, -0.05) is 6.07 Å². The molecule has 2 saturated heterocycles. The number of ether oxygens (including phenoxy) is 1. The van der Waals surface area contributed by atoms with Gasteiger partial charge in [0.15, 0.2) is 0 Å². The summed E-state index contributed by atoms with van der Waals surface area (Å²) >= 11 is 0. The summed E-state index contributed by atoms with van der Waals surface area (Å²) in [4.78, 5) is 2.65. The monoisotopic (exact) mass is 324 g/mol. The molecule has 3 rings (SSSR count). The molecule has 2 aliphatic heterocycles. The highest BCUT2D eigenvalue weighted by Gasteiger charge is 2.44. The van der Waals surface area contributed by atoms with Gasteiger partial charge in [-0.25, -0.2) is 8.42 Å². The summed E-state index contributed by atoms with van der Waals surface area (Å²) in [6.07, 6.45) is 1.09. The van der Waals surface area contributed by atoms with Crippen molar-refractivity contribution in [1.82, 2.24) is 9.21 Å². The molecule has 0 bridgehead atoms. The molecule has 6 heteroatoms. The number of benzene rings is 1. The fraction of sp³-hybridized carbons (Fsp3) is 0.625. The van der Waals surface area contributed by atoms with E-state index in [0.717, 1.165) is 24.1 Å². The number of likely N-dealkylation sites (tertiary alicyclic amines) is 1. The third kappa shape index (κ3) is 2.43. The lowest BCUT2D eigenvalue weighted by Crippen LogP contribution is -2.35. The topological polar surface area (TPSA) is 49.9 Å². The molecule has 1 aromatic carbocycles. The highest BCUT2D eigenvalue weighted by molar-refractivity contribution is 7.89. The second-order valence-electron chi connectivity index (χ2n) is 6.51. The van der Waals surface area contributed by atoms with Gasteiger partial charge in [0.25, 0.3) is 0 Å². The lowest BCUT2D eigenvalue weighted by Gasteiger charge is -2.22. The van der Waals surface area contributed by atoms with E-state index in [1.165, 1.54) is 0 Å². The molecule has 22 heavy (non-hydrogen) atoms.